The second-order valence-electron chi connectivity index (χ2n) is 6.23. The second kappa shape index (κ2) is 7.01. The first kappa shape index (κ1) is 14.5. The van der Waals surface area contributed by atoms with Crippen molar-refractivity contribution in [1.82, 2.24) is 15.2 Å². The molecule has 3 nitrogen and oxygen atoms in total. The van der Waals surface area contributed by atoms with Crippen LogP contribution >= 0.6 is 0 Å². The summed E-state index contributed by atoms with van der Waals surface area (Å²) < 4.78 is 0. The molecule has 3 heteroatoms. The van der Waals surface area contributed by atoms with Crippen LogP contribution in [0, 0.1) is 5.92 Å². The fourth-order valence-electron chi connectivity index (χ4n) is 2.04. The molecule has 1 saturated carbocycles. The molecule has 0 bridgehead atoms. The summed E-state index contributed by atoms with van der Waals surface area (Å²) in [5.41, 5.74) is 2.46. The van der Waals surface area contributed by atoms with Crippen LogP contribution in [-0.4, -0.2) is 29.5 Å². The van der Waals surface area contributed by atoms with Crippen molar-refractivity contribution in [3.8, 4) is 0 Å². The zero-order valence-corrected chi connectivity index (χ0v) is 12.5. The summed E-state index contributed by atoms with van der Waals surface area (Å²) in [6.45, 7) is 7.59. The molecule has 0 aromatic carbocycles. The minimum absolute atomic E-state index is 0.766. The maximum absolute atomic E-state index is 4.56. The van der Waals surface area contributed by atoms with Crippen molar-refractivity contribution >= 4 is 0 Å². The third kappa shape index (κ3) is 5.70. The third-order valence-corrected chi connectivity index (χ3v) is 3.58. The van der Waals surface area contributed by atoms with Crippen molar-refractivity contribution in [3.05, 3.63) is 29.6 Å². The van der Waals surface area contributed by atoms with Gasteiger partial charge in [0.25, 0.3) is 0 Å². The van der Waals surface area contributed by atoms with E-state index in [1.807, 2.05) is 6.20 Å². The lowest BCUT2D eigenvalue weighted by Crippen LogP contribution is -2.21. The molecule has 1 aliphatic carbocycles. The van der Waals surface area contributed by atoms with E-state index in [-0.39, 0.29) is 0 Å². The van der Waals surface area contributed by atoms with Gasteiger partial charge in [0, 0.05) is 25.3 Å². The average Bonchev–Trinajstić information content (AvgIpc) is 3.20. The van der Waals surface area contributed by atoms with Crippen LogP contribution in [0.2, 0.25) is 0 Å². The van der Waals surface area contributed by atoms with Crippen LogP contribution in [-0.2, 0) is 13.1 Å². The number of rotatable bonds is 8. The van der Waals surface area contributed by atoms with Crippen LogP contribution in [0.3, 0.4) is 0 Å². The van der Waals surface area contributed by atoms with E-state index in [1.165, 1.54) is 30.5 Å². The molecular weight excluding hydrogens is 234 g/mol. The van der Waals surface area contributed by atoms with Crippen LogP contribution in [0.25, 0.3) is 0 Å². The van der Waals surface area contributed by atoms with Gasteiger partial charge in [0.05, 0.1) is 5.69 Å². The third-order valence-electron chi connectivity index (χ3n) is 3.58. The standard InChI is InChI=1S/C16H27N3/c1-13(2)8-9-19(3)12-16-5-4-14(11-18-16)10-17-15-6-7-15/h4-5,11,13,15,17H,6-10,12H2,1-3H3. The second-order valence-corrected chi connectivity index (χ2v) is 6.23. The maximum atomic E-state index is 4.56. The molecule has 2 rings (SSSR count). The van der Waals surface area contributed by atoms with Crippen molar-refractivity contribution in [2.24, 2.45) is 5.92 Å². The van der Waals surface area contributed by atoms with Crippen molar-refractivity contribution < 1.29 is 0 Å². The lowest BCUT2D eigenvalue weighted by Gasteiger charge is -2.17. The van der Waals surface area contributed by atoms with E-state index in [0.717, 1.165) is 31.6 Å². The minimum atomic E-state index is 0.766. The van der Waals surface area contributed by atoms with Gasteiger partial charge in [-0.1, -0.05) is 19.9 Å². The van der Waals surface area contributed by atoms with Crippen LogP contribution in [0.15, 0.2) is 18.3 Å². The average molecular weight is 261 g/mol. The summed E-state index contributed by atoms with van der Waals surface area (Å²) in [6, 6.07) is 5.13. The highest BCUT2D eigenvalue weighted by molar-refractivity contribution is 5.14. The van der Waals surface area contributed by atoms with Crippen molar-refractivity contribution in [2.75, 3.05) is 13.6 Å². The molecule has 1 aromatic heterocycles. The first-order chi connectivity index (χ1) is 9.13. The Labute approximate surface area is 117 Å². The van der Waals surface area contributed by atoms with E-state index >= 15 is 0 Å². The van der Waals surface area contributed by atoms with Gasteiger partial charge < -0.3 is 10.2 Å². The number of nitrogens with zero attached hydrogens (tertiary/aromatic N) is 2. The Bertz CT molecular complexity index is 368. The first-order valence-electron chi connectivity index (χ1n) is 7.49. The highest BCUT2D eigenvalue weighted by Crippen LogP contribution is 2.19. The molecule has 0 radical (unpaired) electrons. The Morgan fingerprint density at radius 1 is 1.37 bits per heavy atom. The lowest BCUT2D eigenvalue weighted by atomic mass is 10.1. The maximum Gasteiger partial charge on any atom is 0.0544 e. The van der Waals surface area contributed by atoms with Gasteiger partial charge in [-0.3, -0.25) is 4.98 Å². The normalized spacial score (nSPS) is 15.4. The topological polar surface area (TPSA) is 28.2 Å². The number of hydrogen-bond donors (Lipinski definition) is 1. The zero-order valence-electron chi connectivity index (χ0n) is 12.5. The molecule has 1 aliphatic rings. The Morgan fingerprint density at radius 2 is 2.16 bits per heavy atom. The van der Waals surface area contributed by atoms with Crippen LogP contribution in [0.1, 0.15) is 44.4 Å². The molecule has 19 heavy (non-hydrogen) atoms. The fourth-order valence-corrected chi connectivity index (χ4v) is 2.04. The summed E-state index contributed by atoms with van der Waals surface area (Å²) in [5, 5.41) is 3.52. The minimum Gasteiger partial charge on any atom is -0.310 e. The molecular formula is C16H27N3. The molecule has 0 saturated heterocycles. The van der Waals surface area contributed by atoms with E-state index in [9.17, 15) is 0 Å². The smallest absolute Gasteiger partial charge is 0.0544 e. The predicted molar refractivity (Wildman–Crippen MR) is 79.9 cm³/mol. The van der Waals surface area contributed by atoms with E-state index < -0.39 is 0 Å². The molecule has 1 heterocycles. The highest BCUT2D eigenvalue weighted by Gasteiger charge is 2.19. The van der Waals surface area contributed by atoms with Gasteiger partial charge in [-0.2, -0.15) is 0 Å². The summed E-state index contributed by atoms with van der Waals surface area (Å²) in [5.74, 6) is 0.770. The lowest BCUT2D eigenvalue weighted by molar-refractivity contribution is 0.300. The SMILES string of the molecule is CC(C)CCN(C)Cc1ccc(CNC2CC2)cn1. The molecule has 1 fully saturated rings. The van der Waals surface area contributed by atoms with E-state index in [0.29, 0.717) is 0 Å². The number of pyridine rings is 1. The molecule has 1 N–H and O–H groups in total. The summed E-state index contributed by atoms with van der Waals surface area (Å²) in [4.78, 5) is 6.91. The van der Waals surface area contributed by atoms with Gasteiger partial charge in [0.1, 0.15) is 0 Å². The fraction of sp³-hybridized carbons (Fsp3) is 0.688. The van der Waals surface area contributed by atoms with Crippen LogP contribution in [0.5, 0.6) is 0 Å². The molecule has 0 aliphatic heterocycles. The quantitative estimate of drug-likeness (QED) is 0.780. The van der Waals surface area contributed by atoms with Gasteiger partial charge in [-0.05, 0) is 50.4 Å². The summed E-state index contributed by atoms with van der Waals surface area (Å²) in [6.07, 6.45) is 5.94. The van der Waals surface area contributed by atoms with Gasteiger partial charge in [-0.25, -0.2) is 0 Å². The van der Waals surface area contributed by atoms with Crippen molar-refractivity contribution in [1.29, 1.82) is 0 Å². The molecule has 106 valence electrons. The number of aromatic nitrogens is 1. The molecule has 0 spiro atoms. The molecule has 0 amide bonds. The van der Waals surface area contributed by atoms with E-state index in [2.05, 4.69) is 48.2 Å². The molecule has 0 atom stereocenters. The van der Waals surface area contributed by atoms with E-state index in [1.54, 1.807) is 0 Å². The molecule has 1 aromatic rings. The van der Waals surface area contributed by atoms with Crippen molar-refractivity contribution in [3.63, 3.8) is 0 Å². The zero-order chi connectivity index (χ0) is 13.7. The Balaban J connectivity index is 1.73. The highest BCUT2D eigenvalue weighted by atomic mass is 15.1. The van der Waals surface area contributed by atoms with E-state index in [4.69, 9.17) is 0 Å². The van der Waals surface area contributed by atoms with Gasteiger partial charge in [0.15, 0.2) is 0 Å². The molecule has 0 unspecified atom stereocenters. The summed E-state index contributed by atoms with van der Waals surface area (Å²) >= 11 is 0. The Kier molecular flexibility index (Phi) is 5.34. The Hall–Kier alpha value is -0.930. The van der Waals surface area contributed by atoms with Crippen molar-refractivity contribution in [2.45, 2.75) is 52.2 Å². The first-order valence-corrected chi connectivity index (χ1v) is 7.49. The van der Waals surface area contributed by atoms with Crippen LogP contribution in [0.4, 0.5) is 0 Å². The van der Waals surface area contributed by atoms with Gasteiger partial charge in [0.2, 0.25) is 0 Å². The van der Waals surface area contributed by atoms with Gasteiger partial charge in [-0.15, -0.1) is 0 Å². The van der Waals surface area contributed by atoms with Gasteiger partial charge >= 0.3 is 0 Å². The summed E-state index contributed by atoms with van der Waals surface area (Å²) in [7, 11) is 2.17. The predicted octanol–water partition coefficient (Wildman–Crippen LogP) is 2.81. The monoisotopic (exact) mass is 261 g/mol. The Morgan fingerprint density at radius 3 is 2.74 bits per heavy atom. The number of hydrogen-bond acceptors (Lipinski definition) is 3. The number of nitrogens with one attached hydrogen (secondary N) is 1. The largest absolute Gasteiger partial charge is 0.310 e. The van der Waals surface area contributed by atoms with Crippen LogP contribution < -0.4 is 5.32 Å².